The van der Waals surface area contributed by atoms with Crippen molar-refractivity contribution in [2.75, 3.05) is 7.11 Å². The van der Waals surface area contributed by atoms with Gasteiger partial charge in [-0.2, -0.15) is 5.10 Å². The number of pyridine rings is 1. The molecular formula is C14H17N3O2. The van der Waals surface area contributed by atoms with Crippen molar-refractivity contribution in [2.45, 2.75) is 19.8 Å². The van der Waals surface area contributed by atoms with Crippen LogP contribution in [-0.2, 0) is 24.7 Å². The molecule has 0 unspecified atom stereocenters. The van der Waals surface area contributed by atoms with Crippen LogP contribution in [0.15, 0.2) is 24.4 Å². The molecule has 100 valence electrons. The maximum Gasteiger partial charge on any atom is 0.212 e. The number of rotatable bonds is 5. The minimum absolute atomic E-state index is 0.148. The quantitative estimate of drug-likeness (QED) is 0.816. The molecule has 0 fully saturated rings. The van der Waals surface area contributed by atoms with E-state index in [0.29, 0.717) is 18.7 Å². The molecule has 2 aromatic heterocycles. The Kier molecular flexibility index (Phi) is 3.94. The van der Waals surface area contributed by atoms with E-state index >= 15 is 0 Å². The summed E-state index contributed by atoms with van der Waals surface area (Å²) < 4.78 is 6.73. The number of ether oxygens (including phenoxy) is 1. The molecule has 0 aromatic carbocycles. The Bertz CT molecular complexity index is 573. The number of aromatic nitrogens is 3. The third-order valence-corrected chi connectivity index (χ3v) is 2.89. The SMILES string of the molecule is COc1ccc(CC(=O)Cc2cc(C)nn2C)cn1. The third-order valence-electron chi connectivity index (χ3n) is 2.89. The molecule has 0 bridgehead atoms. The first-order valence-corrected chi connectivity index (χ1v) is 6.08. The van der Waals surface area contributed by atoms with Crippen molar-refractivity contribution in [3.8, 4) is 5.88 Å². The van der Waals surface area contributed by atoms with Gasteiger partial charge in [-0.25, -0.2) is 4.98 Å². The molecule has 0 atom stereocenters. The second-order valence-corrected chi connectivity index (χ2v) is 4.50. The molecule has 19 heavy (non-hydrogen) atoms. The zero-order chi connectivity index (χ0) is 13.8. The summed E-state index contributed by atoms with van der Waals surface area (Å²) in [5.74, 6) is 0.702. The Hall–Kier alpha value is -2.17. The Labute approximate surface area is 112 Å². The lowest BCUT2D eigenvalue weighted by Gasteiger charge is -2.03. The normalized spacial score (nSPS) is 10.5. The van der Waals surface area contributed by atoms with Gasteiger partial charge in [-0.15, -0.1) is 0 Å². The van der Waals surface area contributed by atoms with Gasteiger partial charge in [-0.3, -0.25) is 9.48 Å². The molecule has 5 heteroatoms. The lowest BCUT2D eigenvalue weighted by molar-refractivity contribution is -0.117. The number of carbonyl (C=O) groups is 1. The second-order valence-electron chi connectivity index (χ2n) is 4.50. The standard InChI is InChI=1S/C14H17N3O2/c1-10-6-12(17(2)16-10)8-13(18)7-11-4-5-14(19-3)15-9-11/h4-6,9H,7-8H2,1-3H3. The van der Waals surface area contributed by atoms with E-state index in [9.17, 15) is 4.79 Å². The molecule has 0 aliphatic rings. The van der Waals surface area contributed by atoms with E-state index in [1.165, 1.54) is 0 Å². The van der Waals surface area contributed by atoms with Gasteiger partial charge in [0.25, 0.3) is 0 Å². The minimum atomic E-state index is 0.148. The van der Waals surface area contributed by atoms with E-state index in [0.717, 1.165) is 17.0 Å². The summed E-state index contributed by atoms with van der Waals surface area (Å²) >= 11 is 0. The summed E-state index contributed by atoms with van der Waals surface area (Å²) in [5, 5.41) is 4.23. The smallest absolute Gasteiger partial charge is 0.212 e. The Morgan fingerprint density at radius 1 is 1.37 bits per heavy atom. The number of aryl methyl sites for hydroxylation is 2. The van der Waals surface area contributed by atoms with Gasteiger partial charge in [-0.1, -0.05) is 6.07 Å². The molecule has 0 aliphatic heterocycles. The monoisotopic (exact) mass is 259 g/mol. The van der Waals surface area contributed by atoms with Crippen molar-refractivity contribution in [3.63, 3.8) is 0 Å². The zero-order valence-electron chi connectivity index (χ0n) is 11.4. The molecule has 0 N–H and O–H groups in total. The number of hydrogen-bond donors (Lipinski definition) is 0. The Balaban J connectivity index is 1.99. The summed E-state index contributed by atoms with van der Waals surface area (Å²) in [7, 11) is 3.42. The molecule has 2 rings (SSSR count). The van der Waals surface area contributed by atoms with Crippen LogP contribution in [0.25, 0.3) is 0 Å². The maximum atomic E-state index is 12.0. The van der Waals surface area contributed by atoms with Gasteiger partial charge >= 0.3 is 0 Å². The van der Waals surface area contributed by atoms with Crippen molar-refractivity contribution < 1.29 is 9.53 Å². The van der Waals surface area contributed by atoms with E-state index in [-0.39, 0.29) is 5.78 Å². The van der Waals surface area contributed by atoms with Crippen LogP contribution in [0, 0.1) is 6.92 Å². The molecule has 0 saturated heterocycles. The maximum absolute atomic E-state index is 12.0. The van der Waals surface area contributed by atoms with Crippen LogP contribution in [-0.4, -0.2) is 27.7 Å². The highest BCUT2D eigenvalue weighted by molar-refractivity contribution is 5.82. The van der Waals surface area contributed by atoms with E-state index in [1.807, 2.05) is 26.1 Å². The molecule has 2 aromatic rings. The van der Waals surface area contributed by atoms with Crippen molar-refractivity contribution in [1.29, 1.82) is 0 Å². The molecule has 5 nitrogen and oxygen atoms in total. The molecular weight excluding hydrogens is 242 g/mol. The van der Waals surface area contributed by atoms with Crippen molar-refractivity contribution in [2.24, 2.45) is 7.05 Å². The van der Waals surface area contributed by atoms with Crippen LogP contribution in [0.5, 0.6) is 5.88 Å². The largest absolute Gasteiger partial charge is 0.481 e. The minimum Gasteiger partial charge on any atom is -0.481 e. The van der Waals surface area contributed by atoms with E-state index in [4.69, 9.17) is 4.74 Å². The highest BCUT2D eigenvalue weighted by Gasteiger charge is 2.09. The first-order valence-electron chi connectivity index (χ1n) is 6.08. The number of carbonyl (C=O) groups excluding carboxylic acids is 1. The van der Waals surface area contributed by atoms with Gasteiger partial charge in [0.2, 0.25) is 5.88 Å². The van der Waals surface area contributed by atoms with Crippen molar-refractivity contribution in [3.05, 3.63) is 41.3 Å². The highest BCUT2D eigenvalue weighted by atomic mass is 16.5. The molecule has 0 saturated carbocycles. The third kappa shape index (κ3) is 3.40. The van der Waals surface area contributed by atoms with Crippen LogP contribution in [0.3, 0.4) is 0 Å². The fraction of sp³-hybridized carbons (Fsp3) is 0.357. The number of nitrogens with zero attached hydrogens (tertiary/aromatic N) is 3. The van der Waals surface area contributed by atoms with Gasteiger partial charge in [-0.05, 0) is 18.6 Å². The fourth-order valence-corrected chi connectivity index (χ4v) is 1.96. The van der Waals surface area contributed by atoms with Crippen LogP contribution >= 0.6 is 0 Å². The van der Waals surface area contributed by atoms with Gasteiger partial charge < -0.3 is 4.74 Å². The fourth-order valence-electron chi connectivity index (χ4n) is 1.96. The predicted octanol–water partition coefficient (Wildman–Crippen LogP) is 1.49. The number of methoxy groups -OCH3 is 1. The lowest BCUT2D eigenvalue weighted by Crippen LogP contribution is -2.10. The van der Waals surface area contributed by atoms with Gasteiger partial charge in [0.1, 0.15) is 5.78 Å². The first kappa shape index (κ1) is 13.3. The Morgan fingerprint density at radius 2 is 2.16 bits per heavy atom. The molecule has 0 aliphatic carbocycles. The van der Waals surface area contributed by atoms with Crippen molar-refractivity contribution in [1.82, 2.24) is 14.8 Å². The summed E-state index contributed by atoms with van der Waals surface area (Å²) in [6, 6.07) is 5.55. The van der Waals surface area contributed by atoms with E-state index in [1.54, 1.807) is 24.1 Å². The number of Topliss-reactive ketones (excluding diaryl/α,β-unsaturated/α-hetero) is 1. The van der Waals surface area contributed by atoms with E-state index in [2.05, 4.69) is 10.1 Å². The van der Waals surface area contributed by atoms with Gasteiger partial charge in [0, 0.05) is 37.8 Å². The average molecular weight is 259 g/mol. The average Bonchev–Trinajstić information content (AvgIpc) is 2.68. The first-order chi connectivity index (χ1) is 9.08. The molecule has 0 radical (unpaired) electrons. The van der Waals surface area contributed by atoms with Crippen LogP contribution in [0.2, 0.25) is 0 Å². The zero-order valence-corrected chi connectivity index (χ0v) is 11.4. The molecule has 2 heterocycles. The number of ketones is 1. The second kappa shape index (κ2) is 5.65. The summed E-state index contributed by atoms with van der Waals surface area (Å²) in [6.07, 6.45) is 2.44. The topological polar surface area (TPSA) is 57.0 Å². The molecule has 0 spiro atoms. The van der Waals surface area contributed by atoms with E-state index < -0.39 is 0 Å². The van der Waals surface area contributed by atoms with Crippen LogP contribution in [0.4, 0.5) is 0 Å². The van der Waals surface area contributed by atoms with Crippen LogP contribution < -0.4 is 4.74 Å². The van der Waals surface area contributed by atoms with Crippen molar-refractivity contribution >= 4 is 5.78 Å². The summed E-state index contributed by atoms with van der Waals surface area (Å²) in [6.45, 7) is 1.92. The van der Waals surface area contributed by atoms with Gasteiger partial charge in [0.15, 0.2) is 0 Å². The Morgan fingerprint density at radius 3 is 2.68 bits per heavy atom. The number of hydrogen-bond acceptors (Lipinski definition) is 4. The molecule has 0 amide bonds. The van der Waals surface area contributed by atoms with Crippen LogP contribution in [0.1, 0.15) is 17.0 Å². The summed E-state index contributed by atoms with van der Waals surface area (Å²) in [5.41, 5.74) is 2.75. The highest BCUT2D eigenvalue weighted by Crippen LogP contribution is 2.09. The van der Waals surface area contributed by atoms with Gasteiger partial charge in [0.05, 0.1) is 12.8 Å². The predicted molar refractivity (Wildman–Crippen MR) is 71.1 cm³/mol. The summed E-state index contributed by atoms with van der Waals surface area (Å²) in [4.78, 5) is 16.1. The lowest BCUT2D eigenvalue weighted by atomic mass is 10.1.